The number of aromatic nitrogens is 1. The van der Waals surface area contributed by atoms with Crippen molar-refractivity contribution in [3.05, 3.63) is 45.8 Å². The molecule has 7 heteroatoms. The minimum atomic E-state index is -0.977. The second-order valence-corrected chi connectivity index (χ2v) is 5.77. The average molecular weight is 351 g/mol. The van der Waals surface area contributed by atoms with Crippen LogP contribution < -0.4 is 5.32 Å². The lowest BCUT2D eigenvalue weighted by Gasteiger charge is -2.15. The zero-order valence-corrected chi connectivity index (χ0v) is 14.7. The van der Waals surface area contributed by atoms with Crippen LogP contribution in [0.1, 0.15) is 41.2 Å². The Balaban J connectivity index is 2.07. The summed E-state index contributed by atoms with van der Waals surface area (Å²) in [6.07, 6.45) is -0.445. The maximum Gasteiger partial charge on any atom is 0.344 e. The Labute approximate surface area is 145 Å². The summed E-state index contributed by atoms with van der Waals surface area (Å²) in [4.78, 5) is 24.5. The molecule has 1 aromatic heterocycles. The van der Waals surface area contributed by atoms with Crippen LogP contribution in [0.3, 0.4) is 0 Å². The molecule has 1 aromatic carbocycles. The van der Waals surface area contributed by atoms with E-state index >= 15 is 0 Å². The van der Waals surface area contributed by atoms with Crippen LogP contribution in [0.25, 0.3) is 0 Å². The number of halogens is 1. The number of nitrogens with zero attached hydrogens (tertiary/aromatic N) is 1. The summed E-state index contributed by atoms with van der Waals surface area (Å²) >= 11 is 6.03. The first kappa shape index (κ1) is 18.0. The highest BCUT2D eigenvalue weighted by atomic mass is 35.5. The van der Waals surface area contributed by atoms with Crippen molar-refractivity contribution < 1.29 is 18.8 Å². The van der Waals surface area contributed by atoms with Gasteiger partial charge in [0.05, 0.1) is 5.69 Å². The van der Waals surface area contributed by atoms with E-state index in [1.807, 2.05) is 6.92 Å². The standard InChI is InChI=1S/C17H19ClN2O4/c1-5-13-15(10(3)24-20-13)17(22)23-11(4)16(21)19-14-8-6-7-12(18)9(14)2/h6-8,11H,5H2,1-4H3,(H,19,21)/t11-/m0/s1. The van der Waals surface area contributed by atoms with Crippen molar-refractivity contribution in [2.24, 2.45) is 0 Å². The lowest BCUT2D eigenvalue weighted by molar-refractivity contribution is -0.123. The summed E-state index contributed by atoms with van der Waals surface area (Å²) in [5.74, 6) is -0.702. The number of hydrogen-bond acceptors (Lipinski definition) is 5. The minimum Gasteiger partial charge on any atom is -0.449 e. The lowest BCUT2D eigenvalue weighted by Crippen LogP contribution is -2.30. The summed E-state index contributed by atoms with van der Waals surface area (Å²) in [5.41, 5.74) is 2.10. The van der Waals surface area contributed by atoms with Crippen molar-refractivity contribution in [3.63, 3.8) is 0 Å². The van der Waals surface area contributed by atoms with Crippen LogP contribution in [0.15, 0.2) is 22.7 Å². The van der Waals surface area contributed by atoms with E-state index in [4.69, 9.17) is 20.9 Å². The fraction of sp³-hybridized carbons (Fsp3) is 0.353. The molecule has 0 bridgehead atoms. The number of carbonyl (C=O) groups excluding carboxylic acids is 2. The molecule has 24 heavy (non-hydrogen) atoms. The number of rotatable bonds is 5. The van der Waals surface area contributed by atoms with Crippen LogP contribution in [0.4, 0.5) is 5.69 Å². The molecule has 0 saturated heterocycles. The van der Waals surface area contributed by atoms with Crippen LogP contribution in [0.5, 0.6) is 0 Å². The van der Waals surface area contributed by atoms with Gasteiger partial charge in [0.25, 0.3) is 5.91 Å². The molecule has 1 atom stereocenters. The highest BCUT2D eigenvalue weighted by Crippen LogP contribution is 2.23. The molecule has 2 rings (SSSR count). The second kappa shape index (κ2) is 7.49. The third-order valence-electron chi connectivity index (χ3n) is 3.65. The number of aryl methyl sites for hydroxylation is 2. The number of benzene rings is 1. The molecule has 0 saturated carbocycles. The highest BCUT2D eigenvalue weighted by Gasteiger charge is 2.25. The van der Waals surface area contributed by atoms with Crippen molar-refractivity contribution in [1.82, 2.24) is 5.16 Å². The predicted molar refractivity (Wildman–Crippen MR) is 90.3 cm³/mol. The first-order chi connectivity index (χ1) is 11.3. The number of ether oxygens (including phenoxy) is 1. The summed E-state index contributed by atoms with van der Waals surface area (Å²) in [6, 6.07) is 5.19. The molecule has 2 aromatic rings. The number of anilines is 1. The maximum atomic E-state index is 12.3. The molecular formula is C17H19ClN2O4. The molecule has 0 fully saturated rings. The smallest absolute Gasteiger partial charge is 0.344 e. The zero-order chi connectivity index (χ0) is 17.9. The predicted octanol–water partition coefficient (Wildman–Crippen LogP) is 3.69. The van der Waals surface area contributed by atoms with E-state index in [0.717, 1.165) is 5.56 Å². The van der Waals surface area contributed by atoms with Gasteiger partial charge in [0, 0.05) is 10.7 Å². The van der Waals surface area contributed by atoms with Gasteiger partial charge in [-0.3, -0.25) is 4.79 Å². The Morgan fingerprint density at radius 2 is 2.08 bits per heavy atom. The summed E-state index contributed by atoms with van der Waals surface area (Å²) in [7, 11) is 0. The number of carbonyl (C=O) groups is 2. The van der Waals surface area contributed by atoms with Gasteiger partial charge in [-0.1, -0.05) is 29.7 Å². The Hall–Kier alpha value is -2.34. The van der Waals surface area contributed by atoms with Crippen molar-refractivity contribution in [3.8, 4) is 0 Å². The normalized spacial score (nSPS) is 11.9. The van der Waals surface area contributed by atoms with Crippen LogP contribution in [0, 0.1) is 13.8 Å². The lowest BCUT2D eigenvalue weighted by atomic mass is 10.1. The van der Waals surface area contributed by atoms with Gasteiger partial charge in [-0.15, -0.1) is 0 Å². The van der Waals surface area contributed by atoms with Gasteiger partial charge in [-0.2, -0.15) is 0 Å². The van der Waals surface area contributed by atoms with Gasteiger partial charge in [-0.25, -0.2) is 4.79 Å². The number of hydrogen-bond donors (Lipinski definition) is 1. The van der Waals surface area contributed by atoms with Crippen molar-refractivity contribution in [2.75, 3.05) is 5.32 Å². The van der Waals surface area contributed by atoms with Gasteiger partial charge in [0.1, 0.15) is 11.3 Å². The zero-order valence-electron chi connectivity index (χ0n) is 14.0. The van der Waals surface area contributed by atoms with Gasteiger partial charge in [0.2, 0.25) is 0 Å². The Kier molecular flexibility index (Phi) is 5.62. The number of esters is 1. The maximum absolute atomic E-state index is 12.3. The van der Waals surface area contributed by atoms with Crippen LogP contribution in [0.2, 0.25) is 5.02 Å². The quantitative estimate of drug-likeness (QED) is 0.831. The third-order valence-corrected chi connectivity index (χ3v) is 4.06. The number of nitrogens with one attached hydrogen (secondary N) is 1. The minimum absolute atomic E-state index is 0.274. The van der Waals surface area contributed by atoms with E-state index in [9.17, 15) is 9.59 Å². The molecule has 1 amide bonds. The molecule has 0 radical (unpaired) electrons. The third kappa shape index (κ3) is 3.76. The largest absolute Gasteiger partial charge is 0.449 e. The van der Waals surface area contributed by atoms with E-state index in [1.54, 1.807) is 32.0 Å². The van der Waals surface area contributed by atoms with E-state index in [2.05, 4.69) is 10.5 Å². The van der Waals surface area contributed by atoms with Gasteiger partial charge in [0.15, 0.2) is 6.10 Å². The Morgan fingerprint density at radius 1 is 1.38 bits per heavy atom. The molecule has 0 aliphatic rings. The van der Waals surface area contributed by atoms with Crippen molar-refractivity contribution in [1.29, 1.82) is 0 Å². The highest BCUT2D eigenvalue weighted by molar-refractivity contribution is 6.31. The van der Waals surface area contributed by atoms with Crippen LogP contribution in [-0.2, 0) is 16.0 Å². The SMILES string of the molecule is CCc1noc(C)c1C(=O)O[C@@H](C)C(=O)Nc1cccc(Cl)c1C. The van der Waals surface area contributed by atoms with E-state index in [0.29, 0.717) is 28.6 Å². The molecule has 1 heterocycles. The molecule has 0 spiro atoms. The van der Waals surface area contributed by atoms with Crippen molar-refractivity contribution >= 4 is 29.2 Å². The summed E-state index contributed by atoms with van der Waals surface area (Å²) in [5, 5.41) is 7.06. The van der Waals surface area contributed by atoms with E-state index < -0.39 is 18.0 Å². The Bertz CT molecular complexity index is 770. The van der Waals surface area contributed by atoms with E-state index in [-0.39, 0.29) is 5.56 Å². The fourth-order valence-electron chi connectivity index (χ4n) is 2.17. The molecule has 1 N–H and O–H groups in total. The summed E-state index contributed by atoms with van der Waals surface area (Å²) < 4.78 is 10.2. The average Bonchev–Trinajstić information content (AvgIpc) is 2.92. The van der Waals surface area contributed by atoms with Crippen LogP contribution in [-0.4, -0.2) is 23.1 Å². The molecule has 0 aliphatic heterocycles. The van der Waals surface area contributed by atoms with Gasteiger partial charge < -0.3 is 14.6 Å². The first-order valence-corrected chi connectivity index (χ1v) is 7.95. The summed E-state index contributed by atoms with van der Waals surface area (Å²) in [6.45, 7) is 6.78. The van der Waals surface area contributed by atoms with Gasteiger partial charge in [-0.05, 0) is 44.9 Å². The van der Waals surface area contributed by atoms with E-state index in [1.165, 1.54) is 6.92 Å². The molecular weight excluding hydrogens is 332 g/mol. The molecule has 128 valence electrons. The monoisotopic (exact) mass is 350 g/mol. The number of amides is 1. The second-order valence-electron chi connectivity index (χ2n) is 5.36. The van der Waals surface area contributed by atoms with Gasteiger partial charge >= 0.3 is 5.97 Å². The molecule has 0 aliphatic carbocycles. The topological polar surface area (TPSA) is 81.4 Å². The first-order valence-electron chi connectivity index (χ1n) is 7.57. The molecule has 0 unspecified atom stereocenters. The van der Waals surface area contributed by atoms with Crippen LogP contribution >= 0.6 is 11.6 Å². The van der Waals surface area contributed by atoms with Crippen molar-refractivity contribution in [2.45, 2.75) is 40.2 Å². The fourth-order valence-corrected chi connectivity index (χ4v) is 2.35. The Morgan fingerprint density at radius 3 is 2.75 bits per heavy atom. The molecule has 6 nitrogen and oxygen atoms in total.